The maximum atomic E-state index is 12.5. The van der Waals surface area contributed by atoms with Crippen molar-refractivity contribution in [3.05, 3.63) is 40.3 Å². The van der Waals surface area contributed by atoms with E-state index in [1.54, 1.807) is 23.1 Å². The minimum atomic E-state index is -0.220. The van der Waals surface area contributed by atoms with Crippen molar-refractivity contribution in [2.45, 2.75) is 49.7 Å². The molecule has 1 amide bonds. The van der Waals surface area contributed by atoms with Crippen LogP contribution in [0.3, 0.4) is 0 Å². The average Bonchev–Trinajstić information content (AvgIpc) is 3.33. The Morgan fingerprint density at radius 2 is 2.03 bits per heavy atom. The Hall–Kier alpha value is -2.14. The highest BCUT2D eigenvalue weighted by atomic mass is 32.2. The maximum absolute atomic E-state index is 12.5. The molecule has 3 aromatic heterocycles. The Morgan fingerprint density at radius 3 is 2.78 bits per heavy atom. The second-order valence-electron chi connectivity index (χ2n) is 8.35. The number of thioether (sulfide) groups is 2. The third-order valence-corrected chi connectivity index (χ3v) is 8.03. The Balaban J connectivity index is 1.46. The number of amides is 1. The van der Waals surface area contributed by atoms with E-state index in [2.05, 4.69) is 29.4 Å². The van der Waals surface area contributed by atoms with Crippen molar-refractivity contribution < 1.29 is 9.53 Å². The van der Waals surface area contributed by atoms with Gasteiger partial charge in [0.2, 0.25) is 5.91 Å². The first kappa shape index (κ1) is 21.7. The molecule has 1 N–H and O–H groups in total. The molecule has 0 unspecified atom stereocenters. The molecule has 0 fully saturated rings. The summed E-state index contributed by atoms with van der Waals surface area (Å²) in [7, 11) is 0. The number of anilines is 1. The molecule has 1 aliphatic heterocycles. The van der Waals surface area contributed by atoms with Gasteiger partial charge in [-0.3, -0.25) is 4.79 Å². The van der Waals surface area contributed by atoms with Gasteiger partial charge in [0.05, 0.1) is 23.3 Å². The number of nitrogens with zero attached hydrogens (tertiary/aromatic N) is 4. The third kappa shape index (κ3) is 4.00. The van der Waals surface area contributed by atoms with E-state index in [-0.39, 0.29) is 17.3 Å². The molecule has 32 heavy (non-hydrogen) atoms. The van der Waals surface area contributed by atoms with Crippen LogP contribution in [0.1, 0.15) is 29.9 Å². The Bertz CT molecular complexity index is 1330. The van der Waals surface area contributed by atoms with Crippen LogP contribution in [0, 0.1) is 6.92 Å². The standard InChI is InChI=1S/C22H23N5O2S3/c1-12-5-7-13(8-6-12)23-16(28)11-31-21-26-25-18-17-14-9-22(2,3)29-10-15(14)32-19(17)24-20(30-4)27(18)21/h5-8H,9-11H2,1-4H3,(H,23,28). The molecular formula is C22H23N5O2S3. The molecule has 166 valence electrons. The molecule has 4 aromatic rings. The van der Waals surface area contributed by atoms with Gasteiger partial charge < -0.3 is 10.1 Å². The summed E-state index contributed by atoms with van der Waals surface area (Å²) < 4.78 is 7.98. The van der Waals surface area contributed by atoms with Crippen LogP contribution in [0.5, 0.6) is 0 Å². The van der Waals surface area contributed by atoms with Crippen LogP contribution in [-0.2, 0) is 22.6 Å². The second-order valence-corrected chi connectivity index (χ2v) is 11.2. The van der Waals surface area contributed by atoms with Crippen LogP contribution in [0.25, 0.3) is 15.9 Å². The molecule has 0 spiro atoms. The molecule has 0 bridgehead atoms. The number of benzene rings is 1. The Kier molecular flexibility index (Phi) is 5.65. The number of carbonyl (C=O) groups excluding carboxylic acids is 1. The van der Waals surface area contributed by atoms with E-state index in [1.165, 1.54) is 22.2 Å². The fraction of sp³-hybridized carbons (Fsp3) is 0.364. The first-order valence-corrected chi connectivity index (χ1v) is 13.2. The van der Waals surface area contributed by atoms with E-state index in [0.29, 0.717) is 11.8 Å². The van der Waals surface area contributed by atoms with Gasteiger partial charge in [-0.2, -0.15) is 0 Å². The SMILES string of the molecule is CSc1nc2sc3c(c2c2nnc(SCC(=O)Nc4ccc(C)cc4)n12)CC(C)(C)OC3. The summed E-state index contributed by atoms with van der Waals surface area (Å²) in [5.41, 5.74) is 3.78. The lowest BCUT2D eigenvalue weighted by Crippen LogP contribution is -2.31. The highest BCUT2D eigenvalue weighted by Gasteiger charge is 2.31. The van der Waals surface area contributed by atoms with Gasteiger partial charge >= 0.3 is 0 Å². The van der Waals surface area contributed by atoms with Gasteiger partial charge in [-0.25, -0.2) is 9.38 Å². The lowest BCUT2D eigenvalue weighted by molar-refractivity contribution is -0.113. The Morgan fingerprint density at radius 1 is 1.25 bits per heavy atom. The molecule has 1 aromatic carbocycles. The van der Waals surface area contributed by atoms with E-state index in [4.69, 9.17) is 9.72 Å². The summed E-state index contributed by atoms with van der Waals surface area (Å²) >= 11 is 4.59. The van der Waals surface area contributed by atoms with Crippen molar-refractivity contribution in [3.8, 4) is 0 Å². The van der Waals surface area contributed by atoms with Crippen molar-refractivity contribution in [3.63, 3.8) is 0 Å². The molecule has 0 atom stereocenters. The molecule has 0 radical (unpaired) electrons. The molecular weight excluding hydrogens is 462 g/mol. The molecule has 0 saturated heterocycles. The van der Waals surface area contributed by atoms with Gasteiger partial charge in [-0.15, -0.1) is 21.5 Å². The van der Waals surface area contributed by atoms with E-state index >= 15 is 0 Å². The number of fused-ring (bicyclic) bond motifs is 5. The molecule has 1 aliphatic rings. The van der Waals surface area contributed by atoms with Crippen molar-refractivity contribution in [1.82, 2.24) is 19.6 Å². The Labute approximate surface area is 198 Å². The second kappa shape index (κ2) is 8.33. The van der Waals surface area contributed by atoms with E-state index in [0.717, 1.165) is 38.7 Å². The lowest BCUT2D eigenvalue weighted by Gasteiger charge is -2.30. The predicted octanol–water partition coefficient (Wildman–Crippen LogP) is 4.95. The van der Waals surface area contributed by atoms with Crippen molar-refractivity contribution in [2.75, 3.05) is 17.3 Å². The van der Waals surface area contributed by atoms with Crippen LogP contribution in [0.4, 0.5) is 5.69 Å². The van der Waals surface area contributed by atoms with Crippen LogP contribution in [0.15, 0.2) is 34.6 Å². The predicted molar refractivity (Wildman–Crippen MR) is 131 cm³/mol. The maximum Gasteiger partial charge on any atom is 0.234 e. The van der Waals surface area contributed by atoms with Crippen LogP contribution < -0.4 is 5.32 Å². The van der Waals surface area contributed by atoms with E-state index in [1.807, 2.05) is 41.8 Å². The van der Waals surface area contributed by atoms with Gasteiger partial charge in [0.15, 0.2) is 16.0 Å². The summed E-state index contributed by atoms with van der Waals surface area (Å²) in [6.07, 6.45) is 2.80. The summed E-state index contributed by atoms with van der Waals surface area (Å²) in [6.45, 7) is 6.83. The van der Waals surface area contributed by atoms with E-state index in [9.17, 15) is 4.79 Å². The lowest BCUT2D eigenvalue weighted by atomic mass is 9.94. The van der Waals surface area contributed by atoms with Gasteiger partial charge in [-0.05, 0) is 44.7 Å². The first-order valence-electron chi connectivity index (χ1n) is 10.2. The largest absolute Gasteiger partial charge is 0.370 e. The highest BCUT2D eigenvalue weighted by molar-refractivity contribution is 8.00. The van der Waals surface area contributed by atoms with Gasteiger partial charge in [0, 0.05) is 17.0 Å². The van der Waals surface area contributed by atoms with Gasteiger partial charge in [0.25, 0.3) is 0 Å². The third-order valence-electron chi connectivity index (χ3n) is 5.36. The van der Waals surface area contributed by atoms with Crippen molar-refractivity contribution >= 4 is 62.3 Å². The summed E-state index contributed by atoms with van der Waals surface area (Å²) in [5.74, 6) is 0.158. The number of thiophene rings is 1. The van der Waals surface area contributed by atoms with Crippen molar-refractivity contribution in [2.24, 2.45) is 0 Å². The normalized spacial score (nSPS) is 15.2. The quantitative estimate of drug-likeness (QED) is 0.316. The van der Waals surface area contributed by atoms with Crippen LogP contribution in [-0.4, -0.2) is 43.1 Å². The monoisotopic (exact) mass is 485 g/mol. The molecule has 7 nitrogen and oxygen atoms in total. The zero-order valence-electron chi connectivity index (χ0n) is 18.3. The fourth-order valence-corrected chi connectivity index (χ4v) is 6.27. The molecule has 0 aliphatic carbocycles. The number of aromatic nitrogens is 4. The van der Waals surface area contributed by atoms with Crippen molar-refractivity contribution in [1.29, 1.82) is 0 Å². The number of hydrogen-bond donors (Lipinski definition) is 1. The average molecular weight is 486 g/mol. The summed E-state index contributed by atoms with van der Waals surface area (Å²) in [6, 6.07) is 7.76. The smallest absolute Gasteiger partial charge is 0.234 e. The molecule has 4 heterocycles. The number of aryl methyl sites for hydroxylation is 1. The fourth-order valence-electron chi connectivity index (χ4n) is 3.78. The van der Waals surface area contributed by atoms with Crippen LogP contribution in [0.2, 0.25) is 0 Å². The topological polar surface area (TPSA) is 81.4 Å². The minimum absolute atomic E-state index is 0.0813. The van der Waals surface area contributed by atoms with Gasteiger partial charge in [-0.1, -0.05) is 41.2 Å². The zero-order chi connectivity index (χ0) is 22.5. The highest BCUT2D eigenvalue weighted by Crippen LogP contribution is 2.41. The number of nitrogens with one attached hydrogen (secondary N) is 1. The zero-order valence-corrected chi connectivity index (χ0v) is 20.7. The molecule has 10 heteroatoms. The van der Waals surface area contributed by atoms with Gasteiger partial charge in [0.1, 0.15) is 4.83 Å². The number of ether oxygens (including phenoxy) is 1. The van der Waals surface area contributed by atoms with Crippen LogP contribution >= 0.6 is 34.9 Å². The minimum Gasteiger partial charge on any atom is -0.370 e. The number of hydrogen-bond acceptors (Lipinski definition) is 8. The van der Waals surface area contributed by atoms with E-state index < -0.39 is 0 Å². The number of rotatable bonds is 5. The molecule has 5 rings (SSSR count). The first-order chi connectivity index (χ1) is 15.3. The summed E-state index contributed by atoms with van der Waals surface area (Å²) in [5, 5.41) is 14.4. The summed E-state index contributed by atoms with van der Waals surface area (Å²) in [4.78, 5) is 19.6. The molecule has 0 saturated carbocycles. The number of carbonyl (C=O) groups is 1.